The van der Waals surface area contributed by atoms with Gasteiger partial charge in [-0.05, 0) is 39.2 Å². The summed E-state index contributed by atoms with van der Waals surface area (Å²) in [4.78, 5) is 0. The molecule has 0 heterocycles. The molecule has 0 bridgehead atoms. The van der Waals surface area contributed by atoms with E-state index >= 15 is 0 Å². The Morgan fingerprint density at radius 3 is 2.56 bits per heavy atom. The Labute approximate surface area is 100 Å². The van der Waals surface area contributed by atoms with Gasteiger partial charge in [0.25, 0.3) is 0 Å². The van der Waals surface area contributed by atoms with E-state index in [9.17, 15) is 4.55 Å². The van der Waals surface area contributed by atoms with Gasteiger partial charge in [0.2, 0.25) is 0 Å². The molecule has 16 heavy (non-hydrogen) atoms. The Bertz CT molecular complexity index is 420. The standard InChI is InChI=1S/C13H17NOS/c1-13(2,3)16(15)14-12-9-8-10-6-4-5-7-11(10)12/h4-7H,8-9H2,1-3H3/t16-/m0/s1. The summed E-state index contributed by atoms with van der Waals surface area (Å²) in [5, 5.41) is 0. The second-order valence-electron chi connectivity index (χ2n) is 5.06. The Hall–Kier alpha value is -0.800. The molecule has 0 N–H and O–H groups in total. The lowest BCUT2D eigenvalue weighted by atomic mass is 10.1. The van der Waals surface area contributed by atoms with Crippen molar-refractivity contribution in [2.75, 3.05) is 0 Å². The lowest BCUT2D eigenvalue weighted by molar-refractivity contribution is 0.561. The van der Waals surface area contributed by atoms with Crippen molar-refractivity contribution in [1.82, 2.24) is 0 Å². The van der Waals surface area contributed by atoms with Crippen molar-refractivity contribution < 1.29 is 4.55 Å². The van der Waals surface area contributed by atoms with E-state index in [1.54, 1.807) is 0 Å². The Kier molecular flexibility index (Phi) is 3.08. The quantitative estimate of drug-likeness (QED) is 0.689. The van der Waals surface area contributed by atoms with Crippen LogP contribution in [0.2, 0.25) is 0 Å². The van der Waals surface area contributed by atoms with Crippen LogP contribution in [0.25, 0.3) is 0 Å². The van der Waals surface area contributed by atoms with Crippen LogP contribution in [0.5, 0.6) is 0 Å². The molecule has 2 nitrogen and oxygen atoms in total. The van der Waals surface area contributed by atoms with Crippen LogP contribution in [0.1, 0.15) is 38.3 Å². The third kappa shape index (κ3) is 2.30. The molecule has 0 radical (unpaired) electrons. The van der Waals surface area contributed by atoms with Crippen molar-refractivity contribution >= 4 is 17.1 Å². The van der Waals surface area contributed by atoms with Crippen molar-refractivity contribution in [2.45, 2.75) is 38.4 Å². The first-order valence-corrected chi connectivity index (χ1v) is 6.67. The number of nitrogens with zero attached hydrogens (tertiary/aromatic N) is 1. The molecule has 0 aliphatic heterocycles. The molecule has 0 amide bonds. The van der Waals surface area contributed by atoms with E-state index < -0.39 is 11.4 Å². The number of hydrogen-bond donors (Lipinski definition) is 0. The lowest BCUT2D eigenvalue weighted by Gasteiger charge is -2.18. The monoisotopic (exact) mass is 235 g/mol. The highest BCUT2D eigenvalue weighted by atomic mass is 32.2. The number of benzene rings is 1. The zero-order valence-corrected chi connectivity index (χ0v) is 10.8. The Morgan fingerprint density at radius 2 is 1.88 bits per heavy atom. The normalized spacial score (nSPS) is 19.9. The molecule has 0 aromatic heterocycles. The predicted octanol–water partition coefficient (Wildman–Crippen LogP) is 2.88. The number of hydrogen-bond acceptors (Lipinski definition) is 2. The smallest absolute Gasteiger partial charge is 0.144 e. The molecule has 2 rings (SSSR count). The first-order valence-electron chi connectivity index (χ1n) is 5.56. The minimum absolute atomic E-state index is 0.273. The van der Waals surface area contributed by atoms with Gasteiger partial charge in [-0.15, -0.1) is 0 Å². The van der Waals surface area contributed by atoms with Gasteiger partial charge >= 0.3 is 0 Å². The van der Waals surface area contributed by atoms with Crippen LogP contribution in [0.15, 0.2) is 28.7 Å². The maximum Gasteiger partial charge on any atom is 0.144 e. The average molecular weight is 235 g/mol. The van der Waals surface area contributed by atoms with E-state index in [1.807, 2.05) is 32.9 Å². The number of aryl methyl sites for hydroxylation is 1. The second-order valence-corrected chi connectivity index (χ2v) is 6.96. The fraction of sp³-hybridized carbons (Fsp3) is 0.462. The van der Waals surface area contributed by atoms with Crippen molar-refractivity contribution in [3.05, 3.63) is 35.4 Å². The van der Waals surface area contributed by atoms with Gasteiger partial charge in [0.1, 0.15) is 16.1 Å². The minimum Gasteiger partial charge on any atom is -0.591 e. The highest BCUT2D eigenvalue weighted by molar-refractivity contribution is 7.91. The largest absolute Gasteiger partial charge is 0.591 e. The van der Waals surface area contributed by atoms with Gasteiger partial charge < -0.3 is 4.55 Å². The van der Waals surface area contributed by atoms with Crippen LogP contribution in [0.3, 0.4) is 0 Å². The molecule has 0 unspecified atom stereocenters. The van der Waals surface area contributed by atoms with E-state index in [1.165, 1.54) is 11.1 Å². The van der Waals surface area contributed by atoms with Crippen molar-refractivity contribution in [3.63, 3.8) is 0 Å². The van der Waals surface area contributed by atoms with Crippen molar-refractivity contribution in [2.24, 2.45) is 4.40 Å². The van der Waals surface area contributed by atoms with Crippen molar-refractivity contribution in [1.29, 1.82) is 0 Å². The van der Waals surface area contributed by atoms with Gasteiger partial charge in [-0.1, -0.05) is 28.7 Å². The molecule has 1 aliphatic carbocycles. The molecule has 0 fully saturated rings. The molecule has 3 heteroatoms. The Balaban J connectivity index is 2.29. The van der Waals surface area contributed by atoms with Gasteiger partial charge in [-0.25, -0.2) is 0 Å². The van der Waals surface area contributed by atoms with Gasteiger partial charge in [0.15, 0.2) is 0 Å². The molecule has 0 spiro atoms. The molecule has 1 aromatic rings. The van der Waals surface area contributed by atoms with Gasteiger partial charge in [-0.3, -0.25) is 0 Å². The zero-order chi connectivity index (χ0) is 11.8. The summed E-state index contributed by atoms with van der Waals surface area (Å²) in [6.45, 7) is 5.86. The van der Waals surface area contributed by atoms with E-state index in [0.717, 1.165) is 18.6 Å². The van der Waals surface area contributed by atoms with Gasteiger partial charge in [0, 0.05) is 5.56 Å². The Morgan fingerprint density at radius 1 is 1.19 bits per heavy atom. The molecule has 1 aromatic carbocycles. The summed E-state index contributed by atoms with van der Waals surface area (Å²) >= 11 is -1.15. The number of fused-ring (bicyclic) bond motifs is 1. The summed E-state index contributed by atoms with van der Waals surface area (Å²) < 4.78 is 16.1. The molecule has 1 aliphatic rings. The summed E-state index contributed by atoms with van der Waals surface area (Å²) in [7, 11) is 0. The topological polar surface area (TPSA) is 35.4 Å². The molecule has 0 saturated heterocycles. The molecular weight excluding hydrogens is 218 g/mol. The first kappa shape index (κ1) is 11.7. The van der Waals surface area contributed by atoms with E-state index in [-0.39, 0.29) is 4.75 Å². The van der Waals surface area contributed by atoms with Crippen LogP contribution >= 0.6 is 0 Å². The van der Waals surface area contributed by atoms with Crippen LogP contribution in [0.4, 0.5) is 0 Å². The third-order valence-electron chi connectivity index (χ3n) is 2.68. The number of rotatable bonds is 1. The fourth-order valence-corrected chi connectivity index (χ4v) is 2.40. The maximum atomic E-state index is 12.0. The highest BCUT2D eigenvalue weighted by Crippen LogP contribution is 2.25. The average Bonchev–Trinajstić information content (AvgIpc) is 2.61. The summed E-state index contributed by atoms with van der Waals surface area (Å²) in [6.07, 6.45) is 1.94. The van der Waals surface area contributed by atoms with E-state index in [2.05, 4.69) is 16.5 Å². The van der Waals surface area contributed by atoms with E-state index in [4.69, 9.17) is 0 Å². The lowest BCUT2D eigenvalue weighted by Crippen LogP contribution is -2.26. The van der Waals surface area contributed by atoms with Gasteiger partial charge in [-0.2, -0.15) is 0 Å². The zero-order valence-electron chi connectivity index (χ0n) is 9.99. The fourth-order valence-electron chi connectivity index (χ4n) is 1.74. The van der Waals surface area contributed by atoms with Crippen LogP contribution in [-0.4, -0.2) is 15.0 Å². The highest BCUT2D eigenvalue weighted by Gasteiger charge is 2.29. The van der Waals surface area contributed by atoms with Gasteiger partial charge in [0.05, 0.1) is 5.71 Å². The van der Waals surface area contributed by atoms with Crippen LogP contribution < -0.4 is 0 Å². The maximum absolute atomic E-state index is 12.0. The molecule has 0 saturated carbocycles. The first-order chi connectivity index (χ1) is 7.48. The van der Waals surface area contributed by atoms with E-state index in [0.29, 0.717) is 0 Å². The molecule has 1 atom stereocenters. The summed E-state index contributed by atoms with van der Waals surface area (Å²) in [5.41, 5.74) is 3.51. The van der Waals surface area contributed by atoms with Crippen LogP contribution in [0, 0.1) is 0 Å². The minimum atomic E-state index is -1.15. The van der Waals surface area contributed by atoms with Crippen LogP contribution in [-0.2, 0) is 17.8 Å². The summed E-state index contributed by atoms with van der Waals surface area (Å²) in [5.74, 6) is 0. The third-order valence-corrected chi connectivity index (χ3v) is 4.11. The molecule has 86 valence electrons. The predicted molar refractivity (Wildman–Crippen MR) is 69.2 cm³/mol. The summed E-state index contributed by atoms with van der Waals surface area (Å²) in [6, 6.07) is 8.25. The SMILES string of the molecule is CC(C)(C)[S@+]([O-])N=C1CCc2ccccc21. The second kappa shape index (κ2) is 4.22. The van der Waals surface area contributed by atoms with Crippen molar-refractivity contribution in [3.8, 4) is 0 Å². The molecular formula is C13H17NOS.